The summed E-state index contributed by atoms with van der Waals surface area (Å²) in [4.78, 5) is 19.3. The van der Waals surface area contributed by atoms with Crippen LogP contribution in [-0.4, -0.2) is 15.9 Å². The molecule has 1 N–H and O–H groups in total. The molecule has 0 aliphatic carbocycles. The molecule has 2 rings (SSSR count). The highest BCUT2D eigenvalue weighted by atomic mass is 16.5. The molecule has 1 heterocycles. The molecule has 0 spiro atoms. The molecular weight excluding hydrogens is 240 g/mol. The lowest BCUT2D eigenvalue weighted by molar-refractivity contribution is -0.144. The van der Waals surface area contributed by atoms with E-state index < -0.39 is 0 Å². The minimum atomic E-state index is -0.365. The first-order valence-electron chi connectivity index (χ1n) is 6.34. The first-order valence-corrected chi connectivity index (χ1v) is 6.34. The molecule has 0 saturated carbocycles. The number of para-hydroxylation sites is 1. The van der Waals surface area contributed by atoms with E-state index in [-0.39, 0.29) is 12.1 Å². The number of rotatable bonds is 4. The highest BCUT2D eigenvalue weighted by Gasteiger charge is 2.19. The van der Waals surface area contributed by atoms with Crippen molar-refractivity contribution in [2.45, 2.75) is 33.3 Å². The standard InChI is InChI=1S/C15H18N2O2/c1-5-13(19-15(18)9(2)3)11-7-6-8-12-14(11)17-10(4)16-12/h6-8,13H,2,5H2,1,3-4H3,(H,16,17). The monoisotopic (exact) mass is 258 g/mol. The van der Waals surface area contributed by atoms with Crippen molar-refractivity contribution in [2.24, 2.45) is 0 Å². The molecule has 0 saturated heterocycles. The van der Waals surface area contributed by atoms with Crippen LogP contribution in [0.25, 0.3) is 11.0 Å². The molecule has 1 atom stereocenters. The van der Waals surface area contributed by atoms with Crippen LogP contribution in [0.3, 0.4) is 0 Å². The number of benzene rings is 1. The van der Waals surface area contributed by atoms with Crippen LogP contribution in [0.4, 0.5) is 0 Å². The first-order chi connectivity index (χ1) is 9.02. The lowest BCUT2D eigenvalue weighted by Gasteiger charge is -2.17. The zero-order chi connectivity index (χ0) is 14.0. The molecule has 0 fully saturated rings. The molecular formula is C15H18N2O2. The Hall–Kier alpha value is -2.10. The van der Waals surface area contributed by atoms with E-state index in [9.17, 15) is 4.79 Å². The number of nitrogens with one attached hydrogen (secondary N) is 1. The second-order valence-electron chi connectivity index (χ2n) is 4.65. The van der Waals surface area contributed by atoms with E-state index in [4.69, 9.17) is 4.74 Å². The third kappa shape index (κ3) is 2.67. The fourth-order valence-electron chi connectivity index (χ4n) is 2.03. The summed E-state index contributed by atoms with van der Waals surface area (Å²) in [5, 5.41) is 0. The molecule has 1 unspecified atom stereocenters. The van der Waals surface area contributed by atoms with Gasteiger partial charge in [0.05, 0.1) is 11.0 Å². The smallest absolute Gasteiger partial charge is 0.333 e. The predicted molar refractivity (Wildman–Crippen MR) is 74.8 cm³/mol. The highest BCUT2D eigenvalue weighted by Crippen LogP contribution is 2.28. The van der Waals surface area contributed by atoms with E-state index in [2.05, 4.69) is 16.5 Å². The number of ether oxygens (including phenoxy) is 1. The molecule has 2 aromatic rings. The largest absolute Gasteiger partial charge is 0.454 e. The Morgan fingerprint density at radius 3 is 2.89 bits per heavy atom. The van der Waals surface area contributed by atoms with Crippen molar-refractivity contribution in [3.05, 3.63) is 41.7 Å². The molecule has 1 aromatic heterocycles. The summed E-state index contributed by atoms with van der Waals surface area (Å²) in [6.07, 6.45) is 0.403. The molecule has 4 nitrogen and oxygen atoms in total. The Labute approximate surface area is 112 Å². The van der Waals surface area contributed by atoms with Gasteiger partial charge in [0.25, 0.3) is 0 Å². The number of H-pyrrole nitrogens is 1. The normalized spacial score (nSPS) is 12.4. The quantitative estimate of drug-likeness (QED) is 0.675. The van der Waals surface area contributed by atoms with Gasteiger partial charge in [-0.15, -0.1) is 0 Å². The van der Waals surface area contributed by atoms with E-state index in [0.717, 1.165) is 22.4 Å². The number of hydrogen-bond donors (Lipinski definition) is 1. The first kappa shape index (κ1) is 13.3. The summed E-state index contributed by atoms with van der Waals surface area (Å²) < 4.78 is 5.47. The summed E-state index contributed by atoms with van der Waals surface area (Å²) in [7, 11) is 0. The van der Waals surface area contributed by atoms with Crippen molar-refractivity contribution in [3.8, 4) is 0 Å². The Balaban J connectivity index is 2.40. The Bertz CT molecular complexity index is 628. The molecule has 1 aromatic carbocycles. The number of carbonyl (C=O) groups is 1. The second-order valence-corrected chi connectivity index (χ2v) is 4.65. The van der Waals surface area contributed by atoms with Crippen LogP contribution >= 0.6 is 0 Å². The highest BCUT2D eigenvalue weighted by molar-refractivity contribution is 5.87. The lowest BCUT2D eigenvalue weighted by Crippen LogP contribution is -2.11. The fourth-order valence-corrected chi connectivity index (χ4v) is 2.03. The maximum atomic E-state index is 11.7. The molecule has 0 aliphatic rings. The van der Waals surface area contributed by atoms with Crippen molar-refractivity contribution >= 4 is 17.0 Å². The van der Waals surface area contributed by atoms with Crippen molar-refractivity contribution in [3.63, 3.8) is 0 Å². The summed E-state index contributed by atoms with van der Waals surface area (Å²) in [5.74, 6) is 0.486. The van der Waals surface area contributed by atoms with Gasteiger partial charge < -0.3 is 9.72 Å². The number of nitrogens with zero attached hydrogens (tertiary/aromatic N) is 1. The lowest BCUT2D eigenvalue weighted by atomic mass is 10.1. The Morgan fingerprint density at radius 1 is 1.53 bits per heavy atom. The van der Waals surface area contributed by atoms with E-state index >= 15 is 0 Å². The Morgan fingerprint density at radius 2 is 2.26 bits per heavy atom. The zero-order valence-corrected chi connectivity index (χ0v) is 11.5. The number of hydrogen-bond acceptors (Lipinski definition) is 3. The van der Waals surface area contributed by atoms with Crippen LogP contribution in [0.5, 0.6) is 0 Å². The summed E-state index contributed by atoms with van der Waals surface area (Å²) in [6, 6.07) is 5.85. The molecule has 0 radical (unpaired) electrons. The fraction of sp³-hybridized carbons (Fsp3) is 0.333. The molecule has 4 heteroatoms. The summed E-state index contributed by atoms with van der Waals surface area (Å²) >= 11 is 0. The van der Waals surface area contributed by atoms with Crippen molar-refractivity contribution in [2.75, 3.05) is 0 Å². The number of aryl methyl sites for hydroxylation is 1. The van der Waals surface area contributed by atoms with E-state index in [1.54, 1.807) is 6.92 Å². The van der Waals surface area contributed by atoms with Gasteiger partial charge in [-0.1, -0.05) is 25.6 Å². The third-order valence-corrected chi connectivity index (χ3v) is 2.98. The van der Waals surface area contributed by atoms with Gasteiger partial charge in [0.2, 0.25) is 0 Å². The number of carbonyl (C=O) groups excluding carboxylic acids is 1. The number of aromatic nitrogens is 2. The van der Waals surface area contributed by atoms with Crippen molar-refractivity contribution < 1.29 is 9.53 Å². The second kappa shape index (κ2) is 5.26. The van der Waals surface area contributed by atoms with E-state index in [0.29, 0.717) is 12.0 Å². The third-order valence-electron chi connectivity index (χ3n) is 2.98. The van der Waals surface area contributed by atoms with Gasteiger partial charge in [0.1, 0.15) is 11.9 Å². The average molecular weight is 258 g/mol. The van der Waals surface area contributed by atoms with Crippen LogP contribution in [0.15, 0.2) is 30.4 Å². The number of esters is 1. The molecule has 19 heavy (non-hydrogen) atoms. The zero-order valence-electron chi connectivity index (χ0n) is 11.5. The SMILES string of the molecule is C=C(C)C(=O)OC(CC)c1cccc2[nH]c(C)nc12. The Kier molecular flexibility index (Phi) is 3.69. The van der Waals surface area contributed by atoms with Crippen molar-refractivity contribution in [1.29, 1.82) is 0 Å². The minimum absolute atomic E-state index is 0.296. The van der Waals surface area contributed by atoms with Crippen LogP contribution in [0, 0.1) is 6.92 Å². The van der Waals surface area contributed by atoms with E-state index in [1.807, 2.05) is 32.0 Å². The maximum absolute atomic E-state index is 11.7. The van der Waals surface area contributed by atoms with Crippen LogP contribution in [0.2, 0.25) is 0 Å². The van der Waals surface area contributed by atoms with Gasteiger partial charge >= 0.3 is 5.97 Å². The average Bonchev–Trinajstić information content (AvgIpc) is 2.75. The van der Waals surface area contributed by atoms with Gasteiger partial charge in [-0.25, -0.2) is 9.78 Å². The van der Waals surface area contributed by atoms with Crippen LogP contribution in [0.1, 0.15) is 37.8 Å². The number of imidazole rings is 1. The molecule has 0 bridgehead atoms. The van der Waals surface area contributed by atoms with Gasteiger partial charge in [-0.2, -0.15) is 0 Å². The number of fused-ring (bicyclic) bond motifs is 1. The van der Waals surface area contributed by atoms with Gasteiger partial charge in [0.15, 0.2) is 0 Å². The van der Waals surface area contributed by atoms with Gasteiger partial charge in [0, 0.05) is 11.1 Å². The predicted octanol–water partition coefficient (Wildman–Crippen LogP) is 3.44. The van der Waals surface area contributed by atoms with Gasteiger partial charge in [-0.05, 0) is 26.3 Å². The minimum Gasteiger partial charge on any atom is -0.454 e. The number of aromatic amines is 1. The topological polar surface area (TPSA) is 55.0 Å². The molecule has 0 amide bonds. The summed E-state index contributed by atoms with van der Waals surface area (Å²) in [6.45, 7) is 9.14. The van der Waals surface area contributed by atoms with Crippen molar-refractivity contribution in [1.82, 2.24) is 9.97 Å². The molecule has 0 aliphatic heterocycles. The van der Waals surface area contributed by atoms with E-state index in [1.165, 1.54) is 0 Å². The maximum Gasteiger partial charge on any atom is 0.333 e. The van der Waals surface area contributed by atoms with Crippen LogP contribution in [-0.2, 0) is 9.53 Å². The summed E-state index contributed by atoms with van der Waals surface area (Å²) in [5.41, 5.74) is 3.16. The van der Waals surface area contributed by atoms with Gasteiger partial charge in [-0.3, -0.25) is 0 Å². The van der Waals surface area contributed by atoms with Crippen LogP contribution < -0.4 is 0 Å². The molecule has 100 valence electrons.